The highest BCUT2D eigenvalue weighted by molar-refractivity contribution is 5.89. The molecule has 1 N–H and O–H groups in total. The molecule has 3 heteroatoms. The minimum Gasteiger partial charge on any atom is -0.462 e. The second kappa shape index (κ2) is 7.85. The van der Waals surface area contributed by atoms with Gasteiger partial charge >= 0.3 is 5.97 Å². The Morgan fingerprint density at radius 3 is 2.88 bits per heavy atom. The van der Waals surface area contributed by atoms with Gasteiger partial charge in [0.15, 0.2) is 0 Å². The Hall–Kier alpha value is -1.35. The molecule has 0 atom stereocenters. The Bertz CT molecular complexity index is 350. The van der Waals surface area contributed by atoms with Crippen molar-refractivity contribution in [3.05, 3.63) is 35.4 Å². The first-order valence-electron chi connectivity index (χ1n) is 6.24. The van der Waals surface area contributed by atoms with Crippen LogP contribution >= 0.6 is 0 Å². The fourth-order valence-corrected chi connectivity index (χ4v) is 1.47. The van der Waals surface area contributed by atoms with Crippen molar-refractivity contribution in [2.75, 3.05) is 13.2 Å². The van der Waals surface area contributed by atoms with E-state index in [0.29, 0.717) is 12.2 Å². The fourth-order valence-electron chi connectivity index (χ4n) is 1.47. The predicted molar refractivity (Wildman–Crippen MR) is 69.0 cm³/mol. The molecule has 0 heterocycles. The van der Waals surface area contributed by atoms with Gasteiger partial charge in [0.2, 0.25) is 0 Å². The van der Waals surface area contributed by atoms with Crippen molar-refractivity contribution < 1.29 is 9.53 Å². The number of ether oxygens (including phenoxy) is 1. The summed E-state index contributed by atoms with van der Waals surface area (Å²) in [6.45, 7) is 6.35. The molecule has 3 nitrogen and oxygen atoms in total. The van der Waals surface area contributed by atoms with Crippen LogP contribution in [0.2, 0.25) is 0 Å². The van der Waals surface area contributed by atoms with Gasteiger partial charge in [0, 0.05) is 6.54 Å². The summed E-state index contributed by atoms with van der Waals surface area (Å²) in [5.41, 5.74) is 1.74. The molecule has 17 heavy (non-hydrogen) atoms. The normalized spacial score (nSPS) is 10.2. The summed E-state index contributed by atoms with van der Waals surface area (Å²) in [4.78, 5) is 11.7. The highest BCUT2D eigenvalue weighted by Crippen LogP contribution is 2.07. The van der Waals surface area contributed by atoms with Crippen molar-refractivity contribution in [1.82, 2.24) is 5.32 Å². The Labute approximate surface area is 103 Å². The number of carbonyl (C=O) groups is 1. The minimum atomic E-state index is -0.225. The molecule has 0 bridgehead atoms. The first-order chi connectivity index (χ1) is 8.27. The first kappa shape index (κ1) is 13.7. The largest absolute Gasteiger partial charge is 0.462 e. The molecule has 0 saturated heterocycles. The van der Waals surface area contributed by atoms with Gasteiger partial charge in [-0.1, -0.05) is 32.4 Å². The first-order valence-corrected chi connectivity index (χ1v) is 6.24. The topological polar surface area (TPSA) is 38.3 Å². The molecular weight excluding hydrogens is 214 g/mol. The van der Waals surface area contributed by atoms with E-state index in [2.05, 4.69) is 19.2 Å². The van der Waals surface area contributed by atoms with Gasteiger partial charge in [-0.05, 0) is 30.7 Å². The van der Waals surface area contributed by atoms with Crippen molar-refractivity contribution in [3.63, 3.8) is 0 Å². The lowest BCUT2D eigenvalue weighted by atomic mass is 10.1. The molecule has 94 valence electrons. The van der Waals surface area contributed by atoms with Crippen molar-refractivity contribution in [3.8, 4) is 0 Å². The highest BCUT2D eigenvalue weighted by atomic mass is 16.5. The van der Waals surface area contributed by atoms with Crippen LogP contribution in [0.25, 0.3) is 0 Å². The van der Waals surface area contributed by atoms with Crippen LogP contribution in [0.1, 0.15) is 42.6 Å². The van der Waals surface area contributed by atoms with E-state index in [1.54, 1.807) is 6.07 Å². The third-order valence-electron chi connectivity index (χ3n) is 2.47. The zero-order valence-electron chi connectivity index (χ0n) is 10.7. The second-order valence-corrected chi connectivity index (χ2v) is 3.97. The van der Waals surface area contributed by atoms with Crippen molar-refractivity contribution in [2.24, 2.45) is 0 Å². The summed E-state index contributed by atoms with van der Waals surface area (Å²) in [5.74, 6) is -0.225. The lowest BCUT2D eigenvalue weighted by Gasteiger charge is -2.06. The zero-order chi connectivity index (χ0) is 12.5. The van der Waals surface area contributed by atoms with Gasteiger partial charge in [0.05, 0.1) is 12.2 Å². The lowest BCUT2D eigenvalue weighted by Crippen LogP contribution is -2.12. The van der Waals surface area contributed by atoms with Crippen molar-refractivity contribution in [1.29, 1.82) is 0 Å². The molecule has 0 saturated carbocycles. The maximum absolute atomic E-state index is 11.7. The van der Waals surface area contributed by atoms with E-state index < -0.39 is 0 Å². The summed E-state index contributed by atoms with van der Waals surface area (Å²) in [6.07, 6.45) is 1.95. The highest BCUT2D eigenvalue weighted by Gasteiger charge is 2.06. The number of hydrogen-bond acceptors (Lipinski definition) is 3. The molecule has 0 aliphatic carbocycles. The SMILES string of the molecule is CCCCOC(=O)c1cccc(CNCC)c1. The van der Waals surface area contributed by atoms with Crippen LogP contribution in [0.15, 0.2) is 24.3 Å². The summed E-state index contributed by atoms with van der Waals surface area (Å²) in [5, 5.41) is 3.23. The number of esters is 1. The molecular formula is C14H21NO2. The monoisotopic (exact) mass is 235 g/mol. The summed E-state index contributed by atoms with van der Waals surface area (Å²) >= 11 is 0. The van der Waals surface area contributed by atoms with E-state index in [1.807, 2.05) is 18.2 Å². The number of hydrogen-bond donors (Lipinski definition) is 1. The molecule has 1 aromatic carbocycles. The molecule has 0 amide bonds. The molecule has 1 rings (SSSR count). The van der Waals surface area contributed by atoms with Gasteiger partial charge in [0.1, 0.15) is 0 Å². The number of benzene rings is 1. The van der Waals surface area contributed by atoms with Gasteiger partial charge in [-0.25, -0.2) is 4.79 Å². The molecule has 0 spiro atoms. The fraction of sp³-hybridized carbons (Fsp3) is 0.500. The van der Waals surface area contributed by atoms with Crippen LogP contribution < -0.4 is 5.32 Å². The second-order valence-electron chi connectivity index (χ2n) is 3.97. The Balaban J connectivity index is 2.54. The molecule has 0 radical (unpaired) electrons. The Kier molecular flexibility index (Phi) is 6.33. The van der Waals surface area contributed by atoms with E-state index in [0.717, 1.165) is 31.5 Å². The average molecular weight is 235 g/mol. The number of rotatable bonds is 7. The number of nitrogens with one attached hydrogen (secondary N) is 1. The summed E-state index contributed by atoms with van der Waals surface area (Å²) in [6, 6.07) is 7.58. The smallest absolute Gasteiger partial charge is 0.338 e. The van der Waals surface area contributed by atoms with Crippen LogP contribution in [-0.2, 0) is 11.3 Å². The van der Waals surface area contributed by atoms with E-state index >= 15 is 0 Å². The summed E-state index contributed by atoms with van der Waals surface area (Å²) in [7, 11) is 0. The molecule has 0 unspecified atom stereocenters. The quantitative estimate of drug-likeness (QED) is 0.583. The van der Waals surface area contributed by atoms with Gasteiger partial charge in [0.25, 0.3) is 0 Å². The number of carbonyl (C=O) groups excluding carboxylic acids is 1. The molecule has 0 aromatic heterocycles. The maximum Gasteiger partial charge on any atom is 0.338 e. The van der Waals surface area contributed by atoms with Crippen molar-refractivity contribution in [2.45, 2.75) is 33.2 Å². The van der Waals surface area contributed by atoms with E-state index in [-0.39, 0.29) is 5.97 Å². The van der Waals surface area contributed by atoms with Crippen LogP contribution in [0, 0.1) is 0 Å². The third-order valence-corrected chi connectivity index (χ3v) is 2.47. The van der Waals surface area contributed by atoms with Gasteiger partial charge < -0.3 is 10.1 Å². The predicted octanol–water partition coefficient (Wildman–Crippen LogP) is 2.75. The lowest BCUT2D eigenvalue weighted by molar-refractivity contribution is 0.0499. The maximum atomic E-state index is 11.7. The molecule has 1 aromatic rings. The molecule has 0 fully saturated rings. The molecule has 0 aliphatic heterocycles. The minimum absolute atomic E-state index is 0.225. The van der Waals surface area contributed by atoms with E-state index in [1.165, 1.54) is 0 Å². The zero-order valence-corrected chi connectivity index (χ0v) is 10.7. The van der Waals surface area contributed by atoms with Gasteiger partial charge in [-0.3, -0.25) is 0 Å². The Morgan fingerprint density at radius 1 is 1.35 bits per heavy atom. The van der Waals surface area contributed by atoms with Crippen LogP contribution in [0.5, 0.6) is 0 Å². The average Bonchev–Trinajstić information content (AvgIpc) is 2.37. The van der Waals surface area contributed by atoms with E-state index in [9.17, 15) is 4.79 Å². The van der Waals surface area contributed by atoms with Gasteiger partial charge in [-0.2, -0.15) is 0 Å². The third kappa shape index (κ3) is 5.00. The standard InChI is InChI=1S/C14H21NO2/c1-3-5-9-17-14(16)13-8-6-7-12(10-13)11-15-4-2/h6-8,10,15H,3-5,9,11H2,1-2H3. The van der Waals surface area contributed by atoms with Crippen molar-refractivity contribution >= 4 is 5.97 Å². The van der Waals surface area contributed by atoms with Gasteiger partial charge in [-0.15, -0.1) is 0 Å². The number of unbranched alkanes of at least 4 members (excludes halogenated alkanes) is 1. The van der Waals surface area contributed by atoms with E-state index in [4.69, 9.17) is 4.74 Å². The van der Waals surface area contributed by atoms with Crippen LogP contribution in [0.4, 0.5) is 0 Å². The summed E-state index contributed by atoms with van der Waals surface area (Å²) < 4.78 is 5.17. The Morgan fingerprint density at radius 2 is 2.18 bits per heavy atom. The van der Waals surface area contributed by atoms with Crippen LogP contribution in [-0.4, -0.2) is 19.1 Å². The van der Waals surface area contributed by atoms with Crippen LogP contribution in [0.3, 0.4) is 0 Å². The molecule has 0 aliphatic rings.